The third kappa shape index (κ3) is 3.53. The monoisotopic (exact) mass is 204 g/mol. The van der Waals surface area contributed by atoms with Crippen LogP contribution >= 0.6 is 11.6 Å². The van der Waals surface area contributed by atoms with Crippen LogP contribution in [0.1, 0.15) is 26.2 Å². The van der Waals surface area contributed by atoms with Crippen LogP contribution in [-0.4, -0.2) is 30.4 Å². The number of unbranched alkanes of at least 4 members (excludes halogenated alkanes) is 1. The first-order valence-electron chi connectivity index (χ1n) is 4.89. The minimum absolute atomic E-state index is 0.0700. The molecule has 0 bridgehead atoms. The summed E-state index contributed by atoms with van der Waals surface area (Å²) in [4.78, 5) is 11.4. The molecule has 0 aliphatic carbocycles. The Morgan fingerprint density at radius 1 is 1.69 bits per heavy atom. The third-order valence-corrected chi connectivity index (χ3v) is 2.56. The lowest BCUT2D eigenvalue weighted by Gasteiger charge is -2.10. The molecule has 3 nitrogen and oxygen atoms in total. The number of halogens is 1. The molecule has 0 aromatic rings. The Bertz CT molecular complexity index is 175. The average molecular weight is 205 g/mol. The highest BCUT2D eigenvalue weighted by Crippen LogP contribution is 2.12. The van der Waals surface area contributed by atoms with Crippen LogP contribution in [0.25, 0.3) is 0 Å². The zero-order valence-electron chi connectivity index (χ0n) is 7.98. The number of alkyl halides is 1. The van der Waals surface area contributed by atoms with Gasteiger partial charge in [0.05, 0.1) is 6.04 Å². The van der Waals surface area contributed by atoms with Gasteiger partial charge in [-0.25, -0.2) is 0 Å². The predicted molar refractivity (Wildman–Crippen MR) is 54.0 cm³/mol. The molecule has 1 aliphatic heterocycles. The van der Waals surface area contributed by atoms with E-state index < -0.39 is 0 Å². The summed E-state index contributed by atoms with van der Waals surface area (Å²) in [5.41, 5.74) is 0. The summed E-state index contributed by atoms with van der Waals surface area (Å²) >= 11 is 5.87. The first-order chi connectivity index (χ1) is 6.24. The maximum Gasteiger partial charge on any atom is 0.237 e. The molecular formula is C9H17ClN2O. The SMILES string of the molecule is CCCCNC(=O)C1CC(Cl)CN1. The Morgan fingerprint density at radius 2 is 2.46 bits per heavy atom. The van der Waals surface area contributed by atoms with E-state index in [-0.39, 0.29) is 17.3 Å². The van der Waals surface area contributed by atoms with Crippen molar-refractivity contribution < 1.29 is 4.79 Å². The second-order valence-electron chi connectivity index (χ2n) is 3.44. The fourth-order valence-electron chi connectivity index (χ4n) is 1.40. The second kappa shape index (κ2) is 5.45. The lowest BCUT2D eigenvalue weighted by molar-refractivity contribution is -0.122. The van der Waals surface area contributed by atoms with E-state index in [2.05, 4.69) is 17.6 Å². The van der Waals surface area contributed by atoms with Crippen molar-refractivity contribution in [3.05, 3.63) is 0 Å². The van der Waals surface area contributed by atoms with Crippen LogP contribution in [0.4, 0.5) is 0 Å². The Hall–Kier alpha value is -0.280. The van der Waals surface area contributed by atoms with Gasteiger partial charge in [0.25, 0.3) is 0 Å². The van der Waals surface area contributed by atoms with Gasteiger partial charge in [-0.05, 0) is 12.8 Å². The minimum atomic E-state index is -0.0700. The standard InChI is InChI=1S/C9H17ClN2O/c1-2-3-4-11-9(13)8-5-7(10)6-12-8/h7-8,12H,2-6H2,1H3,(H,11,13). The number of hydrogen-bond donors (Lipinski definition) is 2. The molecule has 0 spiro atoms. The molecule has 1 saturated heterocycles. The Labute approximate surface area is 84.2 Å². The lowest BCUT2D eigenvalue weighted by atomic mass is 10.2. The first-order valence-corrected chi connectivity index (χ1v) is 5.33. The van der Waals surface area contributed by atoms with Crippen molar-refractivity contribution in [2.45, 2.75) is 37.6 Å². The van der Waals surface area contributed by atoms with E-state index in [1.54, 1.807) is 0 Å². The van der Waals surface area contributed by atoms with Gasteiger partial charge in [0.15, 0.2) is 0 Å². The van der Waals surface area contributed by atoms with Crippen molar-refractivity contribution >= 4 is 17.5 Å². The van der Waals surface area contributed by atoms with E-state index >= 15 is 0 Å². The summed E-state index contributed by atoms with van der Waals surface area (Å²) in [5.74, 6) is 0.0941. The fourth-order valence-corrected chi connectivity index (χ4v) is 1.67. The van der Waals surface area contributed by atoms with E-state index in [9.17, 15) is 4.79 Å². The van der Waals surface area contributed by atoms with Gasteiger partial charge in [0.1, 0.15) is 0 Å². The molecule has 0 aromatic carbocycles. The zero-order valence-corrected chi connectivity index (χ0v) is 8.73. The maximum atomic E-state index is 11.4. The molecule has 2 N–H and O–H groups in total. The zero-order chi connectivity index (χ0) is 9.68. The van der Waals surface area contributed by atoms with Crippen LogP contribution < -0.4 is 10.6 Å². The van der Waals surface area contributed by atoms with Gasteiger partial charge in [0, 0.05) is 18.5 Å². The van der Waals surface area contributed by atoms with Gasteiger partial charge < -0.3 is 10.6 Å². The van der Waals surface area contributed by atoms with Crippen LogP contribution in [0.3, 0.4) is 0 Å². The van der Waals surface area contributed by atoms with E-state index in [0.717, 1.165) is 32.4 Å². The molecular weight excluding hydrogens is 188 g/mol. The number of nitrogens with one attached hydrogen (secondary N) is 2. The van der Waals surface area contributed by atoms with Crippen LogP contribution in [0.15, 0.2) is 0 Å². The Morgan fingerprint density at radius 3 is 3.00 bits per heavy atom. The summed E-state index contributed by atoms with van der Waals surface area (Å²) < 4.78 is 0. The van der Waals surface area contributed by atoms with E-state index in [0.29, 0.717) is 0 Å². The number of hydrogen-bond acceptors (Lipinski definition) is 2. The van der Waals surface area contributed by atoms with Gasteiger partial charge >= 0.3 is 0 Å². The first kappa shape index (κ1) is 10.8. The highest BCUT2D eigenvalue weighted by Gasteiger charge is 2.27. The quantitative estimate of drug-likeness (QED) is 0.527. The molecule has 4 heteroatoms. The number of carbonyl (C=O) groups excluding carboxylic acids is 1. The number of amides is 1. The van der Waals surface area contributed by atoms with E-state index in [4.69, 9.17) is 11.6 Å². The van der Waals surface area contributed by atoms with E-state index in [1.807, 2.05) is 0 Å². The number of carbonyl (C=O) groups is 1. The van der Waals surface area contributed by atoms with Crippen molar-refractivity contribution in [1.29, 1.82) is 0 Å². The third-order valence-electron chi connectivity index (χ3n) is 2.22. The largest absolute Gasteiger partial charge is 0.355 e. The van der Waals surface area contributed by atoms with Crippen molar-refractivity contribution in [3.63, 3.8) is 0 Å². The molecule has 0 aromatic heterocycles. The van der Waals surface area contributed by atoms with Crippen molar-refractivity contribution in [2.24, 2.45) is 0 Å². The summed E-state index contributed by atoms with van der Waals surface area (Å²) in [6, 6.07) is -0.0700. The fraction of sp³-hybridized carbons (Fsp3) is 0.889. The van der Waals surface area contributed by atoms with E-state index in [1.165, 1.54) is 0 Å². The predicted octanol–water partition coefficient (Wildman–Crippen LogP) is 0.872. The Balaban J connectivity index is 2.16. The average Bonchev–Trinajstić information content (AvgIpc) is 2.52. The molecule has 0 saturated carbocycles. The lowest BCUT2D eigenvalue weighted by Crippen LogP contribution is -2.40. The van der Waals surface area contributed by atoms with Gasteiger partial charge in [-0.1, -0.05) is 13.3 Å². The molecule has 1 fully saturated rings. The molecule has 2 atom stereocenters. The maximum absolute atomic E-state index is 11.4. The van der Waals surface area contributed by atoms with Crippen molar-refractivity contribution in [3.8, 4) is 0 Å². The smallest absolute Gasteiger partial charge is 0.237 e. The summed E-state index contributed by atoms with van der Waals surface area (Å²) in [7, 11) is 0. The Kier molecular flexibility index (Phi) is 4.53. The van der Waals surface area contributed by atoms with Crippen LogP contribution in [0, 0.1) is 0 Å². The summed E-state index contributed by atoms with van der Waals surface area (Å²) in [5, 5.41) is 6.09. The van der Waals surface area contributed by atoms with Gasteiger partial charge in [0.2, 0.25) is 5.91 Å². The molecule has 13 heavy (non-hydrogen) atoms. The van der Waals surface area contributed by atoms with Crippen molar-refractivity contribution in [1.82, 2.24) is 10.6 Å². The second-order valence-corrected chi connectivity index (χ2v) is 4.06. The van der Waals surface area contributed by atoms with Crippen molar-refractivity contribution in [2.75, 3.05) is 13.1 Å². The van der Waals surface area contributed by atoms with Crippen LogP contribution in [0.5, 0.6) is 0 Å². The van der Waals surface area contributed by atoms with Gasteiger partial charge in [-0.2, -0.15) is 0 Å². The van der Waals surface area contributed by atoms with Gasteiger partial charge in [-0.3, -0.25) is 4.79 Å². The molecule has 1 heterocycles. The molecule has 1 rings (SSSR count). The highest BCUT2D eigenvalue weighted by molar-refractivity contribution is 6.21. The molecule has 76 valence electrons. The topological polar surface area (TPSA) is 41.1 Å². The summed E-state index contributed by atoms with van der Waals surface area (Å²) in [6.07, 6.45) is 2.90. The molecule has 1 amide bonds. The van der Waals surface area contributed by atoms with Gasteiger partial charge in [-0.15, -0.1) is 11.6 Å². The molecule has 2 unspecified atom stereocenters. The number of rotatable bonds is 4. The highest BCUT2D eigenvalue weighted by atomic mass is 35.5. The molecule has 1 aliphatic rings. The van der Waals surface area contributed by atoms with Crippen LogP contribution in [0.2, 0.25) is 0 Å². The normalized spacial score (nSPS) is 27.5. The minimum Gasteiger partial charge on any atom is -0.355 e. The van der Waals surface area contributed by atoms with Crippen LogP contribution in [-0.2, 0) is 4.79 Å². The summed E-state index contributed by atoms with van der Waals surface area (Å²) in [6.45, 7) is 3.63. The molecule has 0 radical (unpaired) electrons.